The van der Waals surface area contributed by atoms with Gasteiger partial charge in [-0.25, -0.2) is 9.97 Å². The minimum absolute atomic E-state index is 0. The summed E-state index contributed by atoms with van der Waals surface area (Å²) in [6.07, 6.45) is 6.78. The molecule has 1 aromatic carbocycles. The second kappa shape index (κ2) is 10.9. The Kier molecular flexibility index (Phi) is 9.50. The molecule has 0 saturated carbocycles. The van der Waals surface area contributed by atoms with E-state index in [1.807, 2.05) is 6.07 Å². The van der Waals surface area contributed by atoms with Gasteiger partial charge in [-0.3, -0.25) is 0 Å². The number of nitrogens with zero attached hydrogens (tertiary/aromatic N) is 2. The first-order chi connectivity index (χ1) is 9.88. The van der Waals surface area contributed by atoms with E-state index in [1.54, 1.807) is 35.9 Å². The Morgan fingerprint density at radius 1 is 1.10 bits per heavy atom. The monoisotopic (exact) mass is 340 g/mol. The zero-order valence-electron chi connectivity index (χ0n) is 12.0. The minimum atomic E-state index is 0. The topological polar surface area (TPSA) is 37.8 Å². The molecule has 0 bridgehead atoms. The van der Waals surface area contributed by atoms with Crippen molar-refractivity contribution in [2.24, 2.45) is 0 Å². The predicted molar refractivity (Wildman–Crippen MR) is 87.3 cm³/mol. The summed E-state index contributed by atoms with van der Waals surface area (Å²) in [6, 6.07) is 10.6. The van der Waals surface area contributed by atoms with Gasteiger partial charge in [-0.15, -0.1) is 11.8 Å². The van der Waals surface area contributed by atoms with Gasteiger partial charge in [0.25, 0.3) is 0 Å². The summed E-state index contributed by atoms with van der Waals surface area (Å²) in [6.45, 7) is 1.95. The fourth-order valence-corrected chi connectivity index (χ4v) is 2.85. The third-order valence-electron chi connectivity index (χ3n) is 2.76. The van der Waals surface area contributed by atoms with Crippen LogP contribution in [0.4, 0.5) is 0 Å². The third-order valence-corrected chi connectivity index (χ3v) is 4.46. The predicted octanol–water partition coefficient (Wildman–Crippen LogP) is 0.474. The standard InChI is InChI=1S/C15H19N3S2.ClH/c1-19-14-6-4-13(5-7-14)12-16-8-3-11-20-15-17-9-2-10-18-15;/h2,4-7,9-10,16H,3,8,11-12H2,1H3;1H/p-1. The van der Waals surface area contributed by atoms with Crippen LogP contribution in [0, 0.1) is 0 Å². The van der Waals surface area contributed by atoms with Crippen LogP contribution < -0.4 is 17.7 Å². The summed E-state index contributed by atoms with van der Waals surface area (Å²) < 4.78 is 0. The zero-order valence-corrected chi connectivity index (χ0v) is 14.3. The maximum atomic E-state index is 4.19. The summed E-state index contributed by atoms with van der Waals surface area (Å²) in [5, 5.41) is 4.33. The number of thioether (sulfide) groups is 2. The highest BCUT2D eigenvalue weighted by Crippen LogP contribution is 2.15. The molecular weight excluding hydrogens is 322 g/mol. The lowest BCUT2D eigenvalue weighted by Crippen LogP contribution is -3.00. The largest absolute Gasteiger partial charge is 1.00 e. The van der Waals surface area contributed by atoms with E-state index in [4.69, 9.17) is 0 Å². The molecule has 1 heterocycles. The van der Waals surface area contributed by atoms with Gasteiger partial charge in [0.05, 0.1) is 0 Å². The van der Waals surface area contributed by atoms with Gasteiger partial charge < -0.3 is 17.7 Å². The highest BCUT2D eigenvalue weighted by molar-refractivity contribution is 7.99. The molecule has 0 aliphatic rings. The van der Waals surface area contributed by atoms with Crippen LogP contribution in [0.25, 0.3) is 0 Å². The Morgan fingerprint density at radius 2 is 1.81 bits per heavy atom. The number of benzene rings is 1. The smallest absolute Gasteiger partial charge is 0.187 e. The molecule has 0 radical (unpaired) electrons. The van der Waals surface area contributed by atoms with E-state index in [2.05, 4.69) is 45.8 Å². The molecule has 0 amide bonds. The lowest BCUT2D eigenvalue weighted by Gasteiger charge is -2.05. The summed E-state index contributed by atoms with van der Waals surface area (Å²) in [7, 11) is 0. The summed E-state index contributed by atoms with van der Waals surface area (Å²) in [5.74, 6) is 1.04. The summed E-state index contributed by atoms with van der Waals surface area (Å²) >= 11 is 3.48. The van der Waals surface area contributed by atoms with Gasteiger partial charge in [0.2, 0.25) is 0 Å². The van der Waals surface area contributed by atoms with Crippen molar-refractivity contribution in [3.8, 4) is 0 Å². The average molecular weight is 341 g/mol. The van der Waals surface area contributed by atoms with Crippen LogP contribution >= 0.6 is 23.5 Å². The Balaban J connectivity index is 0.00000220. The number of hydrogen-bond donors (Lipinski definition) is 1. The maximum absolute atomic E-state index is 4.19. The summed E-state index contributed by atoms with van der Waals surface area (Å²) in [4.78, 5) is 9.69. The van der Waals surface area contributed by atoms with Crippen molar-refractivity contribution in [3.63, 3.8) is 0 Å². The van der Waals surface area contributed by atoms with Gasteiger partial charge in [-0.05, 0) is 43.0 Å². The summed E-state index contributed by atoms with van der Waals surface area (Å²) in [5.41, 5.74) is 1.34. The number of rotatable bonds is 8. The van der Waals surface area contributed by atoms with Crippen molar-refractivity contribution in [3.05, 3.63) is 48.3 Å². The maximum Gasteiger partial charge on any atom is 0.187 e. The van der Waals surface area contributed by atoms with E-state index in [9.17, 15) is 0 Å². The Morgan fingerprint density at radius 3 is 2.48 bits per heavy atom. The first-order valence-electron chi connectivity index (χ1n) is 6.62. The first-order valence-corrected chi connectivity index (χ1v) is 8.83. The van der Waals surface area contributed by atoms with Crippen LogP contribution in [-0.2, 0) is 6.54 Å². The molecule has 1 aromatic heterocycles. The van der Waals surface area contributed by atoms with Crippen molar-refractivity contribution in [2.45, 2.75) is 23.0 Å². The first kappa shape index (κ1) is 18.3. The molecule has 0 aliphatic carbocycles. The molecule has 0 atom stereocenters. The van der Waals surface area contributed by atoms with E-state index < -0.39 is 0 Å². The van der Waals surface area contributed by atoms with Gasteiger partial charge >= 0.3 is 0 Å². The van der Waals surface area contributed by atoms with Gasteiger partial charge in [0, 0.05) is 29.6 Å². The molecule has 2 aromatic rings. The van der Waals surface area contributed by atoms with Gasteiger partial charge in [-0.1, -0.05) is 23.9 Å². The van der Waals surface area contributed by atoms with Crippen LogP contribution in [0.2, 0.25) is 0 Å². The van der Waals surface area contributed by atoms with Crippen LogP contribution in [0.5, 0.6) is 0 Å². The zero-order chi connectivity index (χ0) is 14.0. The van der Waals surface area contributed by atoms with Crippen molar-refractivity contribution in [2.75, 3.05) is 18.6 Å². The number of halogens is 1. The minimum Gasteiger partial charge on any atom is -1.00 e. The van der Waals surface area contributed by atoms with Crippen LogP contribution in [0.15, 0.2) is 52.8 Å². The Hall–Kier alpha value is -0.750. The molecule has 0 spiro atoms. The van der Waals surface area contributed by atoms with Crippen molar-refractivity contribution in [1.82, 2.24) is 15.3 Å². The Labute approximate surface area is 141 Å². The molecule has 0 aliphatic heterocycles. The highest BCUT2D eigenvalue weighted by Gasteiger charge is 1.96. The molecule has 21 heavy (non-hydrogen) atoms. The molecule has 114 valence electrons. The second-order valence-electron chi connectivity index (χ2n) is 4.26. The number of nitrogens with one attached hydrogen (secondary N) is 1. The van der Waals surface area contributed by atoms with E-state index in [1.165, 1.54) is 10.5 Å². The van der Waals surface area contributed by atoms with Crippen LogP contribution in [0.1, 0.15) is 12.0 Å². The lowest BCUT2D eigenvalue weighted by atomic mass is 10.2. The number of aromatic nitrogens is 2. The van der Waals surface area contributed by atoms with Crippen molar-refractivity contribution < 1.29 is 12.4 Å². The quantitative estimate of drug-likeness (QED) is 0.430. The number of hydrogen-bond acceptors (Lipinski definition) is 5. The molecule has 2 rings (SSSR count). The lowest BCUT2D eigenvalue weighted by molar-refractivity contribution is -0.00000418. The highest BCUT2D eigenvalue weighted by atomic mass is 35.5. The molecular formula is C15H19ClN3S2-. The molecule has 1 N–H and O–H groups in total. The third kappa shape index (κ3) is 7.18. The average Bonchev–Trinajstić information content (AvgIpc) is 2.52. The fourth-order valence-electron chi connectivity index (χ4n) is 1.70. The van der Waals surface area contributed by atoms with Crippen LogP contribution in [0.3, 0.4) is 0 Å². The molecule has 0 saturated heterocycles. The van der Waals surface area contributed by atoms with E-state index in [0.717, 1.165) is 30.4 Å². The van der Waals surface area contributed by atoms with E-state index in [0.29, 0.717) is 0 Å². The van der Waals surface area contributed by atoms with E-state index in [-0.39, 0.29) is 12.4 Å². The second-order valence-corrected chi connectivity index (χ2v) is 6.20. The van der Waals surface area contributed by atoms with Crippen molar-refractivity contribution in [1.29, 1.82) is 0 Å². The fraction of sp³-hybridized carbons (Fsp3) is 0.333. The molecule has 0 fully saturated rings. The Bertz CT molecular complexity index is 494. The van der Waals surface area contributed by atoms with Gasteiger partial charge in [0.1, 0.15) is 0 Å². The SMILES string of the molecule is CSc1ccc(CNCCCSc2ncccn2)cc1.[Cl-]. The van der Waals surface area contributed by atoms with E-state index >= 15 is 0 Å². The van der Waals surface area contributed by atoms with Crippen LogP contribution in [-0.4, -0.2) is 28.5 Å². The molecule has 3 nitrogen and oxygen atoms in total. The normalized spacial score (nSPS) is 10.1. The van der Waals surface area contributed by atoms with Gasteiger partial charge in [0.15, 0.2) is 5.16 Å². The van der Waals surface area contributed by atoms with Crippen molar-refractivity contribution >= 4 is 23.5 Å². The molecule has 0 unspecified atom stereocenters. The van der Waals surface area contributed by atoms with Gasteiger partial charge in [-0.2, -0.15) is 0 Å². The molecule has 6 heteroatoms.